The minimum atomic E-state index is -0.436. The number of aryl methyl sites for hydroxylation is 3. The number of halogens is 1. The molecule has 2 rings (SSSR count). The Kier molecular flexibility index (Phi) is 3.87. The highest BCUT2D eigenvalue weighted by molar-refractivity contribution is 5.36. The van der Waals surface area contributed by atoms with Crippen LogP contribution in [0.2, 0.25) is 0 Å². The van der Waals surface area contributed by atoms with Gasteiger partial charge in [0.15, 0.2) is 0 Å². The second kappa shape index (κ2) is 5.42. The van der Waals surface area contributed by atoms with Gasteiger partial charge in [0, 0.05) is 5.56 Å². The van der Waals surface area contributed by atoms with E-state index in [4.69, 9.17) is 5.84 Å². The molecule has 0 spiro atoms. The molecule has 4 nitrogen and oxygen atoms in total. The molecule has 0 bridgehead atoms. The van der Waals surface area contributed by atoms with Gasteiger partial charge >= 0.3 is 0 Å². The van der Waals surface area contributed by atoms with Crippen molar-refractivity contribution in [3.63, 3.8) is 0 Å². The van der Waals surface area contributed by atoms with E-state index in [9.17, 15) is 4.39 Å². The zero-order valence-corrected chi connectivity index (χ0v) is 11.2. The lowest BCUT2D eigenvalue weighted by Gasteiger charge is -2.19. The third-order valence-electron chi connectivity index (χ3n) is 3.08. The van der Waals surface area contributed by atoms with Crippen molar-refractivity contribution >= 4 is 0 Å². The lowest BCUT2D eigenvalue weighted by Crippen LogP contribution is -2.30. The van der Waals surface area contributed by atoms with Crippen LogP contribution in [0.15, 0.2) is 24.3 Å². The van der Waals surface area contributed by atoms with Gasteiger partial charge in [-0.15, -0.1) is 0 Å². The third-order valence-corrected chi connectivity index (χ3v) is 3.08. The van der Waals surface area contributed by atoms with Gasteiger partial charge in [-0.05, 0) is 38.5 Å². The molecule has 1 heterocycles. The van der Waals surface area contributed by atoms with Crippen LogP contribution in [0.25, 0.3) is 0 Å². The summed E-state index contributed by atoms with van der Waals surface area (Å²) in [6, 6.07) is 6.40. The first-order valence-electron chi connectivity index (χ1n) is 6.06. The van der Waals surface area contributed by atoms with Crippen LogP contribution in [0, 0.1) is 26.6 Å². The smallest absolute Gasteiger partial charge is 0.128 e. The van der Waals surface area contributed by atoms with E-state index in [1.165, 1.54) is 6.07 Å². The lowest BCUT2D eigenvalue weighted by molar-refractivity contribution is 0.555. The number of benzene rings is 1. The summed E-state index contributed by atoms with van der Waals surface area (Å²) in [5.41, 5.74) is 6.49. The Hall–Kier alpha value is -1.85. The molecule has 0 saturated heterocycles. The number of nitrogens with two attached hydrogens (primary N) is 1. The molecule has 0 aliphatic carbocycles. The summed E-state index contributed by atoms with van der Waals surface area (Å²) < 4.78 is 14.0. The standard InChI is InChI=1S/C14H17FN4/c1-8-4-5-13(15)12(6-8)14(17-16)11-7-9(2)18-19-10(11)3/h4-7,14,17H,16H2,1-3H3. The third kappa shape index (κ3) is 2.77. The molecule has 1 aromatic carbocycles. The quantitative estimate of drug-likeness (QED) is 0.655. The molecule has 1 atom stereocenters. The number of hydrogen-bond donors (Lipinski definition) is 2. The first-order chi connectivity index (χ1) is 9.02. The fourth-order valence-electron chi connectivity index (χ4n) is 2.09. The first kappa shape index (κ1) is 13.6. The van der Waals surface area contributed by atoms with Gasteiger partial charge < -0.3 is 0 Å². The summed E-state index contributed by atoms with van der Waals surface area (Å²) in [6.07, 6.45) is 0. The molecule has 0 aliphatic heterocycles. The maximum absolute atomic E-state index is 14.0. The van der Waals surface area contributed by atoms with E-state index in [2.05, 4.69) is 15.6 Å². The normalized spacial score (nSPS) is 12.5. The monoisotopic (exact) mass is 260 g/mol. The Labute approximate surface area is 111 Å². The van der Waals surface area contributed by atoms with E-state index in [0.29, 0.717) is 5.56 Å². The summed E-state index contributed by atoms with van der Waals surface area (Å²) >= 11 is 0. The van der Waals surface area contributed by atoms with Crippen molar-refractivity contribution in [2.75, 3.05) is 0 Å². The zero-order valence-electron chi connectivity index (χ0n) is 11.2. The van der Waals surface area contributed by atoms with Crippen LogP contribution >= 0.6 is 0 Å². The first-order valence-corrected chi connectivity index (χ1v) is 6.06. The van der Waals surface area contributed by atoms with Crippen LogP contribution in [-0.2, 0) is 0 Å². The molecular weight excluding hydrogens is 243 g/mol. The molecule has 0 amide bonds. The number of nitrogens with one attached hydrogen (secondary N) is 1. The number of hydrogen-bond acceptors (Lipinski definition) is 4. The average molecular weight is 260 g/mol. The van der Waals surface area contributed by atoms with Crippen molar-refractivity contribution in [2.45, 2.75) is 26.8 Å². The van der Waals surface area contributed by atoms with E-state index in [-0.39, 0.29) is 5.82 Å². The fraction of sp³-hybridized carbons (Fsp3) is 0.286. The number of aromatic nitrogens is 2. The van der Waals surface area contributed by atoms with E-state index >= 15 is 0 Å². The Balaban J connectivity index is 2.55. The minimum Gasteiger partial charge on any atom is -0.271 e. The van der Waals surface area contributed by atoms with Gasteiger partial charge in [0.25, 0.3) is 0 Å². The predicted octanol–water partition coefficient (Wildman–Crippen LogP) is 2.09. The molecule has 5 heteroatoms. The van der Waals surface area contributed by atoms with Gasteiger partial charge in [-0.1, -0.05) is 17.7 Å². The molecule has 0 radical (unpaired) electrons. The number of nitrogens with zero attached hydrogens (tertiary/aromatic N) is 2. The second-order valence-corrected chi connectivity index (χ2v) is 4.65. The topological polar surface area (TPSA) is 63.8 Å². The maximum atomic E-state index is 14.0. The van der Waals surface area contributed by atoms with Gasteiger partial charge in [0.1, 0.15) is 5.82 Å². The van der Waals surface area contributed by atoms with Crippen molar-refractivity contribution in [1.82, 2.24) is 15.6 Å². The van der Waals surface area contributed by atoms with Crippen LogP contribution in [0.4, 0.5) is 4.39 Å². The summed E-state index contributed by atoms with van der Waals surface area (Å²) in [5.74, 6) is 5.32. The van der Waals surface area contributed by atoms with Crippen LogP contribution in [0.5, 0.6) is 0 Å². The highest BCUT2D eigenvalue weighted by Gasteiger charge is 2.19. The zero-order chi connectivity index (χ0) is 14.0. The van der Waals surface area contributed by atoms with Crippen LogP contribution in [0.3, 0.4) is 0 Å². The molecule has 0 aliphatic rings. The van der Waals surface area contributed by atoms with E-state index in [1.807, 2.05) is 26.8 Å². The van der Waals surface area contributed by atoms with Crippen molar-refractivity contribution in [1.29, 1.82) is 0 Å². The van der Waals surface area contributed by atoms with Gasteiger partial charge in [0.2, 0.25) is 0 Å². The Morgan fingerprint density at radius 2 is 1.84 bits per heavy atom. The van der Waals surface area contributed by atoms with Crippen LogP contribution in [-0.4, -0.2) is 10.2 Å². The van der Waals surface area contributed by atoms with E-state index < -0.39 is 6.04 Å². The number of hydrazine groups is 1. The van der Waals surface area contributed by atoms with Crippen LogP contribution in [0.1, 0.15) is 34.1 Å². The van der Waals surface area contributed by atoms with Crippen molar-refractivity contribution in [3.05, 3.63) is 58.2 Å². The lowest BCUT2D eigenvalue weighted by atomic mass is 9.96. The van der Waals surface area contributed by atoms with E-state index in [1.54, 1.807) is 12.1 Å². The molecule has 1 unspecified atom stereocenters. The molecule has 0 fully saturated rings. The second-order valence-electron chi connectivity index (χ2n) is 4.65. The maximum Gasteiger partial charge on any atom is 0.128 e. The summed E-state index contributed by atoms with van der Waals surface area (Å²) in [7, 11) is 0. The molecule has 0 saturated carbocycles. The highest BCUT2D eigenvalue weighted by Crippen LogP contribution is 2.26. The molecule has 19 heavy (non-hydrogen) atoms. The van der Waals surface area contributed by atoms with Crippen LogP contribution < -0.4 is 11.3 Å². The van der Waals surface area contributed by atoms with Crippen molar-refractivity contribution < 1.29 is 4.39 Å². The van der Waals surface area contributed by atoms with Crippen molar-refractivity contribution in [3.8, 4) is 0 Å². The largest absolute Gasteiger partial charge is 0.271 e. The molecule has 100 valence electrons. The predicted molar refractivity (Wildman–Crippen MR) is 71.8 cm³/mol. The molecule has 1 aromatic heterocycles. The minimum absolute atomic E-state index is 0.289. The Bertz CT molecular complexity index is 546. The highest BCUT2D eigenvalue weighted by atomic mass is 19.1. The number of rotatable bonds is 3. The van der Waals surface area contributed by atoms with E-state index in [0.717, 1.165) is 22.5 Å². The van der Waals surface area contributed by atoms with Crippen molar-refractivity contribution in [2.24, 2.45) is 5.84 Å². The molecular formula is C14H17FN4. The molecule has 2 aromatic rings. The van der Waals surface area contributed by atoms with Gasteiger partial charge in [-0.2, -0.15) is 10.2 Å². The summed E-state index contributed by atoms with van der Waals surface area (Å²) in [5, 5.41) is 8.03. The Morgan fingerprint density at radius 3 is 2.53 bits per heavy atom. The fourth-order valence-corrected chi connectivity index (χ4v) is 2.09. The average Bonchev–Trinajstić information content (AvgIpc) is 2.38. The molecule has 3 N–H and O–H groups in total. The van der Waals surface area contributed by atoms with Gasteiger partial charge in [-0.3, -0.25) is 5.84 Å². The summed E-state index contributed by atoms with van der Waals surface area (Å²) in [4.78, 5) is 0. The van der Waals surface area contributed by atoms with Gasteiger partial charge in [0.05, 0.1) is 17.4 Å². The SMILES string of the molecule is Cc1ccc(F)c(C(NN)c2cc(C)nnc2C)c1. The van der Waals surface area contributed by atoms with Gasteiger partial charge in [-0.25, -0.2) is 9.82 Å². The Morgan fingerprint density at radius 1 is 1.11 bits per heavy atom. The summed E-state index contributed by atoms with van der Waals surface area (Å²) in [6.45, 7) is 5.59.